The van der Waals surface area contributed by atoms with Crippen LogP contribution in [-0.4, -0.2) is 29.7 Å². The molecule has 1 aliphatic rings. The molecular formula is C20H18ClN3O3. The van der Waals surface area contributed by atoms with Gasteiger partial charge in [-0.2, -0.15) is 4.98 Å². The molecule has 0 aliphatic carbocycles. The fourth-order valence-electron chi connectivity index (χ4n) is 3.20. The maximum atomic E-state index is 12.6. The molecule has 0 spiro atoms. The van der Waals surface area contributed by atoms with Gasteiger partial charge in [-0.15, -0.1) is 0 Å². The molecule has 1 aliphatic heterocycles. The van der Waals surface area contributed by atoms with Crippen LogP contribution in [0.25, 0.3) is 11.5 Å². The molecule has 6 nitrogen and oxygen atoms in total. The van der Waals surface area contributed by atoms with Gasteiger partial charge in [0, 0.05) is 29.5 Å². The fourth-order valence-corrected chi connectivity index (χ4v) is 3.37. The van der Waals surface area contributed by atoms with Crippen LogP contribution in [0.15, 0.2) is 47.0 Å². The summed E-state index contributed by atoms with van der Waals surface area (Å²) in [5, 5.41) is 4.64. The minimum atomic E-state index is -0.149. The molecule has 138 valence electrons. The van der Waals surface area contributed by atoms with Gasteiger partial charge in [0.2, 0.25) is 5.91 Å². The highest BCUT2D eigenvalue weighted by Crippen LogP contribution is 2.37. The molecule has 0 bridgehead atoms. The number of rotatable bonds is 4. The van der Waals surface area contributed by atoms with E-state index >= 15 is 0 Å². The lowest BCUT2D eigenvalue weighted by atomic mass is 10.1. The van der Waals surface area contributed by atoms with E-state index in [2.05, 4.69) is 10.1 Å². The molecule has 0 radical (unpaired) electrons. The quantitative estimate of drug-likeness (QED) is 0.674. The lowest BCUT2D eigenvalue weighted by Gasteiger charge is -2.19. The van der Waals surface area contributed by atoms with Crippen LogP contribution >= 0.6 is 11.6 Å². The number of ether oxygens (including phenoxy) is 1. The molecule has 7 heteroatoms. The minimum absolute atomic E-state index is 0.0257. The van der Waals surface area contributed by atoms with Crippen molar-refractivity contribution in [2.45, 2.75) is 19.3 Å². The molecule has 27 heavy (non-hydrogen) atoms. The Morgan fingerprint density at radius 1 is 1.22 bits per heavy atom. The minimum Gasteiger partial charge on any atom is -0.495 e. The van der Waals surface area contributed by atoms with Crippen molar-refractivity contribution in [1.29, 1.82) is 0 Å². The Morgan fingerprint density at radius 2 is 2.00 bits per heavy atom. The van der Waals surface area contributed by atoms with Crippen molar-refractivity contribution in [3.63, 3.8) is 0 Å². The molecule has 1 unspecified atom stereocenters. The van der Waals surface area contributed by atoms with Crippen LogP contribution in [0.1, 0.15) is 23.7 Å². The summed E-state index contributed by atoms with van der Waals surface area (Å²) in [5.74, 6) is 1.41. The number of methoxy groups -OCH3 is 1. The summed E-state index contributed by atoms with van der Waals surface area (Å²) in [6.45, 7) is 2.47. The Bertz CT molecular complexity index is 984. The summed E-state index contributed by atoms with van der Waals surface area (Å²) < 4.78 is 10.8. The van der Waals surface area contributed by atoms with Gasteiger partial charge < -0.3 is 14.2 Å². The molecular weight excluding hydrogens is 366 g/mol. The molecule has 2 aromatic carbocycles. The van der Waals surface area contributed by atoms with Gasteiger partial charge in [0.25, 0.3) is 5.89 Å². The van der Waals surface area contributed by atoms with Crippen LogP contribution in [0.3, 0.4) is 0 Å². The van der Waals surface area contributed by atoms with E-state index in [0.717, 1.165) is 11.1 Å². The standard InChI is InChI=1S/C20H18ClN3O3/c1-12-3-5-13(6-4-12)20-22-19(23-27-20)14-9-18(25)24(11-14)16-10-15(21)7-8-17(16)26-2/h3-8,10,14H,9,11H2,1-2H3. The van der Waals surface area contributed by atoms with Crippen LogP contribution < -0.4 is 9.64 Å². The zero-order valence-electron chi connectivity index (χ0n) is 15.0. The number of hydrogen-bond acceptors (Lipinski definition) is 5. The molecule has 1 amide bonds. The molecule has 0 N–H and O–H groups in total. The average molecular weight is 384 g/mol. The Kier molecular flexibility index (Phi) is 4.58. The molecule has 2 heterocycles. The smallest absolute Gasteiger partial charge is 0.257 e. The Labute approximate surface area is 161 Å². The van der Waals surface area contributed by atoms with Gasteiger partial charge in [0.1, 0.15) is 5.75 Å². The van der Waals surface area contributed by atoms with Gasteiger partial charge in [-0.1, -0.05) is 34.5 Å². The highest BCUT2D eigenvalue weighted by atomic mass is 35.5. The fraction of sp³-hybridized carbons (Fsp3) is 0.250. The number of benzene rings is 2. The van der Waals surface area contributed by atoms with E-state index in [9.17, 15) is 4.79 Å². The number of hydrogen-bond donors (Lipinski definition) is 0. The third-order valence-corrected chi connectivity index (χ3v) is 4.90. The van der Waals surface area contributed by atoms with Crippen molar-refractivity contribution in [3.05, 3.63) is 58.9 Å². The van der Waals surface area contributed by atoms with Crippen molar-refractivity contribution in [2.24, 2.45) is 0 Å². The first kappa shape index (κ1) is 17.5. The van der Waals surface area contributed by atoms with E-state index in [4.69, 9.17) is 20.9 Å². The van der Waals surface area contributed by atoms with E-state index in [-0.39, 0.29) is 11.8 Å². The molecule has 4 rings (SSSR count). The van der Waals surface area contributed by atoms with E-state index in [1.807, 2.05) is 31.2 Å². The van der Waals surface area contributed by atoms with Crippen molar-refractivity contribution in [1.82, 2.24) is 10.1 Å². The summed E-state index contributed by atoms with van der Waals surface area (Å²) in [4.78, 5) is 18.8. The average Bonchev–Trinajstić information content (AvgIpc) is 3.29. The highest BCUT2D eigenvalue weighted by molar-refractivity contribution is 6.31. The number of aryl methyl sites for hydroxylation is 1. The number of carbonyl (C=O) groups is 1. The number of aromatic nitrogens is 2. The van der Waals surface area contributed by atoms with Gasteiger partial charge in [-0.25, -0.2) is 0 Å². The molecule has 3 aromatic rings. The van der Waals surface area contributed by atoms with Gasteiger partial charge in [0.05, 0.1) is 12.8 Å². The Morgan fingerprint density at radius 3 is 2.74 bits per heavy atom. The first-order chi connectivity index (χ1) is 13.0. The molecule has 1 aromatic heterocycles. The summed E-state index contributed by atoms with van der Waals surface area (Å²) in [5.41, 5.74) is 2.67. The van der Waals surface area contributed by atoms with Crippen molar-refractivity contribution in [3.8, 4) is 17.2 Å². The van der Waals surface area contributed by atoms with Crippen LogP contribution in [0, 0.1) is 6.92 Å². The topological polar surface area (TPSA) is 68.5 Å². The van der Waals surface area contributed by atoms with Gasteiger partial charge >= 0.3 is 0 Å². The number of carbonyl (C=O) groups excluding carboxylic acids is 1. The molecule has 1 saturated heterocycles. The second-order valence-corrected chi connectivity index (χ2v) is 6.98. The summed E-state index contributed by atoms with van der Waals surface area (Å²) in [6.07, 6.45) is 0.308. The third kappa shape index (κ3) is 3.40. The first-order valence-corrected chi connectivity index (χ1v) is 8.97. The predicted molar refractivity (Wildman–Crippen MR) is 102 cm³/mol. The third-order valence-electron chi connectivity index (χ3n) is 4.66. The largest absolute Gasteiger partial charge is 0.495 e. The molecule has 0 saturated carbocycles. The van der Waals surface area contributed by atoms with Crippen molar-refractivity contribution < 1.29 is 14.1 Å². The number of nitrogens with zero attached hydrogens (tertiary/aromatic N) is 3. The highest BCUT2D eigenvalue weighted by Gasteiger charge is 2.36. The Hall–Kier alpha value is -2.86. The zero-order valence-corrected chi connectivity index (χ0v) is 15.7. The van der Waals surface area contributed by atoms with E-state index < -0.39 is 0 Å². The summed E-state index contributed by atoms with van der Waals surface area (Å²) >= 11 is 6.10. The van der Waals surface area contributed by atoms with E-state index in [1.165, 1.54) is 0 Å². The van der Waals surface area contributed by atoms with Gasteiger partial charge in [0.15, 0.2) is 5.82 Å². The van der Waals surface area contributed by atoms with Crippen molar-refractivity contribution in [2.75, 3.05) is 18.6 Å². The van der Waals surface area contributed by atoms with Gasteiger partial charge in [-0.05, 0) is 37.3 Å². The maximum Gasteiger partial charge on any atom is 0.257 e. The number of anilines is 1. The molecule has 1 atom stereocenters. The van der Waals surface area contributed by atoms with Gasteiger partial charge in [-0.3, -0.25) is 4.79 Å². The Balaban J connectivity index is 1.58. The predicted octanol–water partition coefficient (Wildman–Crippen LogP) is 4.23. The van der Waals surface area contributed by atoms with Crippen LogP contribution in [0.5, 0.6) is 5.75 Å². The maximum absolute atomic E-state index is 12.6. The first-order valence-electron chi connectivity index (χ1n) is 8.59. The lowest BCUT2D eigenvalue weighted by molar-refractivity contribution is -0.117. The van der Waals surface area contributed by atoms with E-state index in [0.29, 0.717) is 41.1 Å². The van der Waals surface area contributed by atoms with Crippen molar-refractivity contribution >= 4 is 23.2 Å². The van der Waals surface area contributed by atoms with Crippen LogP contribution in [-0.2, 0) is 4.79 Å². The normalized spacial score (nSPS) is 16.8. The lowest BCUT2D eigenvalue weighted by Crippen LogP contribution is -2.24. The number of amides is 1. The summed E-state index contributed by atoms with van der Waals surface area (Å²) in [7, 11) is 1.57. The summed E-state index contributed by atoms with van der Waals surface area (Å²) in [6, 6.07) is 13.1. The molecule has 1 fully saturated rings. The number of halogens is 1. The SMILES string of the molecule is COc1ccc(Cl)cc1N1CC(c2noc(-c3ccc(C)cc3)n2)CC1=O. The second kappa shape index (κ2) is 7.04. The van der Waals surface area contributed by atoms with Crippen LogP contribution in [0.2, 0.25) is 5.02 Å². The van der Waals surface area contributed by atoms with Crippen LogP contribution in [0.4, 0.5) is 5.69 Å². The second-order valence-electron chi connectivity index (χ2n) is 6.55. The zero-order chi connectivity index (χ0) is 19.0. The monoisotopic (exact) mass is 383 g/mol. The van der Waals surface area contributed by atoms with E-state index in [1.54, 1.807) is 30.2 Å².